The summed E-state index contributed by atoms with van der Waals surface area (Å²) in [7, 11) is -0.683. The predicted molar refractivity (Wildman–Crippen MR) is 83.0 cm³/mol. The number of benzene rings is 1. The predicted octanol–water partition coefficient (Wildman–Crippen LogP) is 2.77. The average molecular weight is 298 g/mol. The summed E-state index contributed by atoms with van der Waals surface area (Å²) < 4.78 is 10.3. The lowest BCUT2D eigenvalue weighted by Gasteiger charge is -2.24. The van der Waals surface area contributed by atoms with Crippen LogP contribution in [0.3, 0.4) is 0 Å². The SMILES string of the molecule is CC(=O)Oc1cccc(C(=O)OCCS(C)(C)C)c1C. The van der Waals surface area contributed by atoms with Gasteiger partial charge in [0.1, 0.15) is 5.75 Å². The highest BCUT2D eigenvalue weighted by molar-refractivity contribution is 8.32. The monoisotopic (exact) mass is 298 g/mol. The molecule has 0 bridgehead atoms. The fourth-order valence-electron chi connectivity index (χ4n) is 1.56. The Balaban J connectivity index is 2.76. The highest BCUT2D eigenvalue weighted by atomic mass is 32.3. The molecule has 0 unspecified atom stereocenters. The van der Waals surface area contributed by atoms with Gasteiger partial charge in [-0.15, -0.1) is 0 Å². The van der Waals surface area contributed by atoms with Crippen LogP contribution in [0.1, 0.15) is 22.8 Å². The lowest BCUT2D eigenvalue weighted by Crippen LogP contribution is -2.14. The van der Waals surface area contributed by atoms with Gasteiger partial charge in [0.25, 0.3) is 0 Å². The van der Waals surface area contributed by atoms with Crippen molar-refractivity contribution in [3.8, 4) is 5.75 Å². The Morgan fingerprint density at radius 3 is 2.40 bits per heavy atom. The number of carbonyl (C=O) groups excluding carboxylic acids is 2. The third kappa shape index (κ3) is 5.25. The number of hydrogen-bond donors (Lipinski definition) is 0. The summed E-state index contributed by atoms with van der Waals surface area (Å²) in [4.78, 5) is 23.0. The third-order valence-electron chi connectivity index (χ3n) is 2.69. The first-order valence-corrected chi connectivity index (χ1v) is 9.34. The molecular formula is C15H22O4S. The molecular weight excluding hydrogens is 276 g/mol. The molecule has 4 nitrogen and oxygen atoms in total. The molecule has 20 heavy (non-hydrogen) atoms. The van der Waals surface area contributed by atoms with Crippen LogP contribution in [0, 0.1) is 6.92 Å². The first-order valence-electron chi connectivity index (χ1n) is 6.32. The minimum atomic E-state index is -0.683. The average Bonchev–Trinajstić information content (AvgIpc) is 2.29. The molecule has 0 heterocycles. The van der Waals surface area contributed by atoms with Crippen molar-refractivity contribution in [2.45, 2.75) is 13.8 Å². The van der Waals surface area contributed by atoms with E-state index in [2.05, 4.69) is 18.8 Å². The summed E-state index contributed by atoms with van der Waals surface area (Å²) in [5.74, 6) is 0.491. The molecule has 1 aromatic carbocycles. The van der Waals surface area contributed by atoms with Gasteiger partial charge < -0.3 is 9.47 Å². The first kappa shape index (κ1) is 16.6. The van der Waals surface area contributed by atoms with Crippen molar-refractivity contribution in [2.24, 2.45) is 0 Å². The van der Waals surface area contributed by atoms with Gasteiger partial charge in [0.2, 0.25) is 0 Å². The minimum Gasteiger partial charge on any atom is -0.461 e. The zero-order chi connectivity index (χ0) is 15.3. The maximum atomic E-state index is 12.0. The Morgan fingerprint density at radius 2 is 1.85 bits per heavy atom. The van der Waals surface area contributed by atoms with E-state index in [1.54, 1.807) is 25.1 Å². The Kier molecular flexibility index (Phi) is 5.62. The van der Waals surface area contributed by atoms with Gasteiger partial charge in [-0.2, -0.15) is 0 Å². The standard InChI is InChI=1S/C15H22O4S/c1-11-13(7-6-8-14(11)19-12(2)16)15(17)18-9-10-20(3,4)5/h6-8H,9-10H2,1-5H3. The number of carbonyl (C=O) groups is 2. The summed E-state index contributed by atoms with van der Waals surface area (Å²) in [5, 5.41) is 0. The Hall–Kier alpha value is -1.49. The van der Waals surface area contributed by atoms with Crippen molar-refractivity contribution in [1.29, 1.82) is 0 Å². The zero-order valence-corrected chi connectivity index (χ0v) is 13.5. The first-order chi connectivity index (χ1) is 9.20. The highest BCUT2D eigenvalue weighted by Crippen LogP contribution is 2.33. The summed E-state index contributed by atoms with van der Waals surface area (Å²) in [6, 6.07) is 5.01. The van der Waals surface area contributed by atoms with Crippen LogP contribution in [-0.2, 0) is 9.53 Å². The van der Waals surface area contributed by atoms with Crippen molar-refractivity contribution in [3.05, 3.63) is 29.3 Å². The van der Waals surface area contributed by atoms with Gasteiger partial charge in [-0.25, -0.2) is 14.8 Å². The van der Waals surface area contributed by atoms with E-state index in [1.807, 2.05) is 0 Å². The van der Waals surface area contributed by atoms with Crippen LogP contribution in [-0.4, -0.2) is 43.1 Å². The third-order valence-corrected chi connectivity index (χ3v) is 4.08. The number of rotatable bonds is 5. The molecule has 0 spiro atoms. The molecule has 0 saturated heterocycles. The van der Waals surface area contributed by atoms with Crippen molar-refractivity contribution >= 4 is 22.0 Å². The van der Waals surface area contributed by atoms with Crippen LogP contribution >= 0.6 is 10.0 Å². The molecule has 0 aliphatic rings. The van der Waals surface area contributed by atoms with Gasteiger partial charge in [0, 0.05) is 18.2 Å². The molecule has 1 aromatic rings. The van der Waals surface area contributed by atoms with Crippen LogP contribution in [0.2, 0.25) is 0 Å². The van der Waals surface area contributed by atoms with Gasteiger partial charge in [0.05, 0.1) is 12.2 Å². The molecule has 0 amide bonds. The van der Waals surface area contributed by atoms with Gasteiger partial charge in [-0.3, -0.25) is 4.79 Å². The summed E-state index contributed by atoms with van der Waals surface area (Å²) >= 11 is 0. The molecule has 0 saturated carbocycles. The van der Waals surface area contributed by atoms with Crippen LogP contribution in [0.4, 0.5) is 0 Å². The second-order valence-electron chi connectivity index (χ2n) is 5.45. The molecule has 0 atom stereocenters. The van der Waals surface area contributed by atoms with Crippen molar-refractivity contribution in [2.75, 3.05) is 31.1 Å². The Morgan fingerprint density at radius 1 is 1.20 bits per heavy atom. The fourth-order valence-corrected chi connectivity index (χ4v) is 2.15. The van der Waals surface area contributed by atoms with E-state index in [4.69, 9.17) is 9.47 Å². The second-order valence-corrected chi connectivity index (χ2v) is 10.0. The van der Waals surface area contributed by atoms with Gasteiger partial charge in [0.15, 0.2) is 0 Å². The molecule has 0 fully saturated rings. The van der Waals surface area contributed by atoms with E-state index in [-0.39, 0.29) is 5.97 Å². The largest absolute Gasteiger partial charge is 0.461 e. The van der Waals surface area contributed by atoms with Gasteiger partial charge >= 0.3 is 11.9 Å². The van der Waals surface area contributed by atoms with E-state index < -0.39 is 16.0 Å². The number of esters is 2. The second kappa shape index (κ2) is 6.79. The Labute approximate surface area is 121 Å². The fraction of sp³-hybridized carbons (Fsp3) is 0.467. The topological polar surface area (TPSA) is 52.6 Å². The van der Waals surface area contributed by atoms with Crippen LogP contribution in [0.15, 0.2) is 18.2 Å². The normalized spacial score (nSPS) is 11.8. The molecule has 0 aliphatic carbocycles. The van der Waals surface area contributed by atoms with Gasteiger partial charge in [-0.1, -0.05) is 6.07 Å². The lowest BCUT2D eigenvalue weighted by molar-refractivity contribution is -0.131. The van der Waals surface area contributed by atoms with E-state index in [0.29, 0.717) is 23.5 Å². The van der Waals surface area contributed by atoms with Crippen molar-refractivity contribution < 1.29 is 19.1 Å². The molecule has 0 N–H and O–H groups in total. The van der Waals surface area contributed by atoms with Crippen LogP contribution < -0.4 is 4.74 Å². The lowest BCUT2D eigenvalue weighted by atomic mass is 10.1. The molecule has 5 heteroatoms. The van der Waals surface area contributed by atoms with E-state index in [9.17, 15) is 9.59 Å². The number of ether oxygens (including phenoxy) is 2. The molecule has 0 radical (unpaired) electrons. The number of hydrogen-bond acceptors (Lipinski definition) is 4. The maximum absolute atomic E-state index is 12.0. The minimum absolute atomic E-state index is 0.375. The maximum Gasteiger partial charge on any atom is 0.338 e. The van der Waals surface area contributed by atoms with E-state index >= 15 is 0 Å². The quantitative estimate of drug-likeness (QED) is 0.619. The molecule has 1 rings (SSSR count). The summed E-state index contributed by atoms with van der Waals surface area (Å²) in [5.41, 5.74) is 1.06. The zero-order valence-electron chi connectivity index (χ0n) is 12.7. The van der Waals surface area contributed by atoms with Crippen molar-refractivity contribution in [1.82, 2.24) is 0 Å². The summed E-state index contributed by atoms with van der Waals surface area (Å²) in [6.07, 6.45) is 6.52. The van der Waals surface area contributed by atoms with Gasteiger partial charge in [-0.05, 0) is 37.8 Å². The van der Waals surface area contributed by atoms with E-state index in [0.717, 1.165) is 5.75 Å². The van der Waals surface area contributed by atoms with Crippen LogP contribution in [0.25, 0.3) is 0 Å². The molecule has 0 aliphatic heterocycles. The van der Waals surface area contributed by atoms with E-state index in [1.165, 1.54) is 6.92 Å². The Bertz CT molecular complexity index is 503. The van der Waals surface area contributed by atoms with Crippen molar-refractivity contribution in [3.63, 3.8) is 0 Å². The summed E-state index contributed by atoms with van der Waals surface area (Å²) in [6.45, 7) is 3.48. The molecule has 112 valence electrons. The van der Waals surface area contributed by atoms with Crippen LogP contribution in [0.5, 0.6) is 5.75 Å². The highest BCUT2D eigenvalue weighted by Gasteiger charge is 2.15. The smallest absolute Gasteiger partial charge is 0.338 e. The molecule has 0 aromatic heterocycles.